The average Bonchev–Trinajstić information content (AvgIpc) is 3.95. The van der Waals surface area contributed by atoms with Crippen molar-refractivity contribution >= 4 is 49.9 Å². The van der Waals surface area contributed by atoms with E-state index in [1.165, 1.54) is 11.3 Å². The monoisotopic (exact) mass is 810 g/mol. The first kappa shape index (κ1) is 39.2. The number of nitrogens with one attached hydrogen (secondary N) is 1. The molecule has 2 aliphatic heterocycles. The number of ether oxygens (including phenoxy) is 2. The number of benzene rings is 2. The van der Waals surface area contributed by atoms with Gasteiger partial charge in [-0.15, -0.1) is 11.3 Å². The van der Waals surface area contributed by atoms with Crippen LogP contribution in [0.3, 0.4) is 0 Å². The molecule has 1 N–H and O–H groups in total. The molecule has 4 heterocycles. The predicted octanol–water partition coefficient (Wildman–Crippen LogP) is 7.37. The topological polar surface area (TPSA) is 145 Å². The maximum Gasteiger partial charge on any atom is 0.240 e. The fourth-order valence-corrected chi connectivity index (χ4v) is 10.6. The lowest BCUT2D eigenvalue weighted by atomic mass is 9.90. The van der Waals surface area contributed by atoms with Gasteiger partial charge < -0.3 is 14.4 Å². The molecule has 4 aromatic rings. The van der Waals surface area contributed by atoms with Gasteiger partial charge in [0.25, 0.3) is 0 Å². The van der Waals surface area contributed by atoms with E-state index in [0.717, 1.165) is 47.2 Å². The van der Waals surface area contributed by atoms with Crippen LogP contribution in [0, 0.1) is 24.2 Å². The van der Waals surface area contributed by atoms with Gasteiger partial charge >= 0.3 is 0 Å². The number of amides is 2. The van der Waals surface area contributed by atoms with Crippen LogP contribution >= 0.6 is 11.3 Å². The quantitative estimate of drug-likeness (QED) is 0.171. The van der Waals surface area contributed by atoms with Gasteiger partial charge in [-0.3, -0.25) is 19.1 Å². The molecule has 0 unspecified atom stereocenters. The van der Waals surface area contributed by atoms with Crippen LogP contribution in [0.1, 0.15) is 82.3 Å². The summed E-state index contributed by atoms with van der Waals surface area (Å²) in [6.45, 7) is 3.77. The first-order valence-corrected chi connectivity index (χ1v) is 22.4. The molecule has 3 fully saturated rings. The van der Waals surface area contributed by atoms with Crippen molar-refractivity contribution in [3.05, 3.63) is 83.4 Å². The van der Waals surface area contributed by atoms with Crippen LogP contribution in [-0.4, -0.2) is 71.4 Å². The smallest absolute Gasteiger partial charge is 0.240 e. The van der Waals surface area contributed by atoms with E-state index in [2.05, 4.69) is 15.8 Å². The van der Waals surface area contributed by atoms with Crippen molar-refractivity contribution in [2.45, 2.75) is 101 Å². The number of aromatic nitrogens is 2. The van der Waals surface area contributed by atoms with Crippen molar-refractivity contribution in [2.75, 3.05) is 13.7 Å². The molecule has 2 aromatic heterocycles. The Morgan fingerprint density at radius 3 is 2.61 bits per heavy atom. The summed E-state index contributed by atoms with van der Waals surface area (Å²) in [6.07, 6.45) is 11.4. The first-order valence-electron chi connectivity index (χ1n) is 20.1. The van der Waals surface area contributed by atoms with Crippen LogP contribution in [0.15, 0.2) is 72.3 Å². The lowest BCUT2D eigenvalue weighted by molar-refractivity contribution is -0.142. The third-order valence-electron chi connectivity index (χ3n) is 12.6. The van der Waals surface area contributed by atoms with Gasteiger partial charge in [-0.1, -0.05) is 55.3 Å². The molecule has 0 bridgehead atoms. The molecule has 57 heavy (non-hydrogen) atoms. The summed E-state index contributed by atoms with van der Waals surface area (Å²) < 4.78 is 40.4. The fraction of sp³-hybridized carbons (Fsp3) is 0.477. The van der Waals surface area contributed by atoms with Crippen molar-refractivity contribution in [1.29, 1.82) is 0 Å². The Balaban J connectivity index is 1.14. The Hall–Kier alpha value is -4.62. The molecule has 8 rings (SSSR count). The Kier molecular flexibility index (Phi) is 10.7. The van der Waals surface area contributed by atoms with Crippen molar-refractivity contribution in [1.82, 2.24) is 19.6 Å². The molecule has 13 heteroatoms. The first-order chi connectivity index (χ1) is 27.4. The number of methoxy groups -OCH3 is 1. The van der Waals surface area contributed by atoms with Gasteiger partial charge in [-0.25, -0.2) is 18.4 Å². The summed E-state index contributed by atoms with van der Waals surface area (Å²) in [4.78, 5) is 54.8. The number of fused-ring (bicyclic) bond motifs is 3. The van der Waals surface area contributed by atoms with E-state index >= 15 is 0 Å². The Bertz CT molecular complexity index is 2310. The van der Waals surface area contributed by atoms with E-state index in [0.29, 0.717) is 54.8 Å². The van der Waals surface area contributed by atoms with Crippen LogP contribution in [-0.2, 0) is 30.8 Å². The van der Waals surface area contributed by atoms with Gasteiger partial charge in [-0.05, 0) is 82.4 Å². The van der Waals surface area contributed by atoms with Crippen LogP contribution in [0.5, 0.6) is 11.5 Å². The van der Waals surface area contributed by atoms with E-state index in [9.17, 15) is 22.8 Å². The number of hydrogen-bond acceptors (Lipinski definition) is 10. The van der Waals surface area contributed by atoms with Crippen LogP contribution < -0.4 is 14.2 Å². The highest BCUT2D eigenvalue weighted by atomic mass is 32.2. The highest BCUT2D eigenvalue weighted by Gasteiger charge is 2.62. The summed E-state index contributed by atoms with van der Waals surface area (Å²) in [5, 5.41) is 3.39. The predicted molar refractivity (Wildman–Crippen MR) is 219 cm³/mol. The maximum absolute atomic E-state index is 14.9. The summed E-state index contributed by atoms with van der Waals surface area (Å²) in [6, 6.07) is 14.8. The zero-order chi connectivity index (χ0) is 40.0. The number of ketones is 1. The molecule has 11 nitrogen and oxygen atoms in total. The van der Waals surface area contributed by atoms with Crippen LogP contribution in [0.25, 0.3) is 21.6 Å². The van der Waals surface area contributed by atoms with E-state index in [1.807, 2.05) is 66.9 Å². The van der Waals surface area contributed by atoms with E-state index in [1.54, 1.807) is 25.1 Å². The van der Waals surface area contributed by atoms with Gasteiger partial charge in [-0.2, -0.15) is 0 Å². The number of Topliss-reactive ketones (excluding diaryl/α,β-unsaturated/α-hetero) is 1. The fourth-order valence-electron chi connectivity index (χ4n) is 8.66. The minimum Gasteiger partial charge on any atom is -0.496 e. The second kappa shape index (κ2) is 15.6. The Morgan fingerprint density at radius 2 is 1.88 bits per heavy atom. The largest absolute Gasteiger partial charge is 0.496 e. The number of rotatable bonds is 9. The number of nitrogens with zero attached hydrogens (tertiary/aromatic N) is 3. The SMILES string of the molecule is COc1ccc2c(O[C@@H]3C[C@H]4C(=O)C[C@]5(C(=O)NS(=O)(=O)C6(C)CC6)C[C@@H]5/C=C\CCCCC[C@H](Cc5ccccc5)C(=O)N4C3)cc(-c3nccs3)nc2c1C. The second-order valence-corrected chi connectivity index (χ2v) is 19.7. The molecule has 1 saturated heterocycles. The van der Waals surface area contributed by atoms with E-state index < -0.39 is 38.2 Å². The van der Waals surface area contributed by atoms with Crippen molar-refractivity contribution < 1.29 is 32.3 Å². The number of allylic oxidation sites excluding steroid dienone is 2. The minimum atomic E-state index is -3.92. The third kappa shape index (κ3) is 7.84. The number of hydrogen-bond donors (Lipinski definition) is 1. The van der Waals surface area contributed by atoms with Gasteiger partial charge in [0.2, 0.25) is 21.8 Å². The lowest BCUT2D eigenvalue weighted by Crippen LogP contribution is -2.47. The number of aryl methyl sites for hydroxylation is 1. The molecular weight excluding hydrogens is 761 g/mol. The summed E-state index contributed by atoms with van der Waals surface area (Å²) in [7, 11) is -2.30. The Morgan fingerprint density at radius 1 is 1.07 bits per heavy atom. The number of sulfonamides is 1. The standard InChI is InChI=1S/C44H50N4O7S2/c1-28-37(54-3)17-16-33-38(24-34(46-39(28)33)40-45-20-21-56-40)55-32-23-35-36(49)26-44(42(51)47-57(52,53)43(2)18-19-43)25-31(44)15-11-6-4-5-10-14-30(41(50)48(35)27-32)22-29-12-8-7-9-13-29/h7-9,11-13,15-17,20-21,24,30-32,35H,4-6,10,14,18-19,22-23,25-27H2,1-3H3,(H,47,51)/b15-11-/t30-,31+,32-,35+,44-/m1/s1. The maximum atomic E-state index is 14.9. The molecule has 2 aromatic carbocycles. The van der Waals surface area contributed by atoms with Gasteiger partial charge in [0.1, 0.15) is 28.3 Å². The molecule has 2 amide bonds. The molecule has 0 spiro atoms. The second-order valence-electron chi connectivity index (χ2n) is 16.6. The minimum absolute atomic E-state index is 0.102. The molecule has 2 saturated carbocycles. The molecule has 0 radical (unpaired) electrons. The zero-order valence-electron chi connectivity index (χ0n) is 32.7. The van der Waals surface area contributed by atoms with Crippen molar-refractivity contribution in [2.24, 2.45) is 17.3 Å². The van der Waals surface area contributed by atoms with Gasteiger partial charge in [0.15, 0.2) is 5.78 Å². The van der Waals surface area contributed by atoms with Crippen LogP contribution in [0.2, 0.25) is 0 Å². The lowest BCUT2D eigenvalue weighted by Gasteiger charge is -2.29. The van der Waals surface area contributed by atoms with Gasteiger partial charge in [0.05, 0.1) is 35.4 Å². The normalized spacial score (nSPS) is 26.8. The van der Waals surface area contributed by atoms with Crippen molar-refractivity contribution in [3.8, 4) is 22.2 Å². The summed E-state index contributed by atoms with van der Waals surface area (Å²) in [5.74, 6) is -0.364. The van der Waals surface area contributed by atoms with Crippen LogP contribution in [0.4, 0.5) is 0 Å². The third-order valence-corrected chi connectivity index (χ3v) is 15.6. The zero-order valence-corrected chi connectivity index (χ0v) is 34.4. The number of thiazole rings is 1. The van der Waals surface area contributed by atoms with Gasteiger partial charge in [0, 0.05) is 47.4 Å². The average molecular weight is 811 g/mol. The highest BCUT2D eigenvalue weighted by Crippen LogP contribution is 2.57. The molecular formula is C44H50N4O7S2. The molecule has 4 aliphatic rings. The molecule has 5 atom stereocenters. The molecule has 300 valence electrons. The Labute approximate surface area is 338 Å². The summed E-state index contributed by atoms with van der Waals surface area (Å²) in [5.41, 5.74) is 2.04. The van der Waals surface area contributed by atoms with Crippen molar-refractivity contribution in [3.63, 3.8) is 0 Å². The number of pyridine rings is 1. The highest BCUT2D eigenvalue weighted by molar-refractivity contribution is 7.91. The number of carbonyl (C=O) groups is 3. The van der Waals surface area contributed by atoms with E-state index in [4.69, 9.17) is 14.5 Å². The molecule has 2 aliphatic carbocycles. The summed E-state index contributed by atoms with van der Waals surface area (Å²) >= 11 is 1.47. The number of carbonyl (C=O) groups excluding carboxylic acids is 3. The van der Waals surface area contributed by atoms with E-state index in [-0.39, 0.29) is 42.9 Å².